The first-order chi connectivity index (χ1) is 13.0. The van der Waals surface area contributed by atoms with Gasteiger partial charge in [-0.05, 0) is 41.8 Å². The van der Waals surface area contributed by atoms with Crippen LogP contribution in [0.1, 0.15) is 30.9 Å². The number of carbonyl (C=O) groups is 2. The summed E-state index contributed by atoms with van der Waals surface area (Å²) in [6, 6.07) is 15.8. The highest BCUT2D eigenvalue weighted by molar-refractivity contribution is 5.83. The van der Waals surface area contributed by atoms with E-state index >= 15 is 0 Å². The maximum Gasteiger partial charge on any atom is 0.276 e. The molecule has 0 unspecified atom stereocenters. The zero-order chi connectivity index (χ0) is 19.6. The highest BCUT2D eigenvalue weighted by Crippen LogP contribution is 2.25. The van der Waals surface area contributed by atoms with Crippen LogP contribution >= 0.6 is 0 Å². The fourth-order valence-electron chi connectivity index (χ4n) is 2.22. The van der Waals surface area contributed by atoms with Crippen LogP contribution in [0.4, 0.5) is 0 Å². The topological polar surface area (TPSA) is 100 Å². The Kier molecular flexibility index (Phi) is 7.20. The number of amides is 2. The van der Waals surface area contributed by atoms with Crippen LogP contribution in [0.25, 0.3) is 0 Å². The van der Waals surface area contributed by atoms with E-state index in [0.29, 0.717) is 17.1 Å². The molecule has 2 aromatic carbocycles. The molecule has 0 saturated carbocycles. The molecule has 0 atom stereocenters. The van der Waals surface area contributed by atoms with Gasteiger partial charge in [-0.2, -0.15) is 5.26 Å². The molecule has 2 aromatic rings. The number of rotatable bonds is 7. The summed E-state index contributed by atoms with van der Waals surface area (Å²) >= 11 is 0. The van der Waals surface area contributed by atoms with Gasteiger partial charge in [0.15, 0.2) is 13.2 Å². The molecule has 7 heteroatoms. The van der Waals surface area contributed by atoms with Crippen molar-refractivity contribution in [3.63, 3.8) is 0 Å². The third kappa shape index (κ3) is 6.36. The molecule has 0 bridgehead atoms. The number of nitrogens with one attached hydrogen (secondary N) is 2. The summed E-state index contributed by atoms with van der Waals surface area (Å²) in [5, 5.41) is 8.72. The number of benzene rings is 2. The number of hydrogen-bond acceptors (Lipinski definition) is 5. The number of hydrazine groups is 1. The van der Waals surface area contributed by atoms with Crippen LogP contribution in [-0.2, 0) is 9.59 Å². The molecule has 2 amide bonds. The molecule has 0 fully saturated rings. The van der Waals surface area contributed by atoms with Gasteiger partial charge in [0.05, 0.1) is 11.6 Å². The molecule has 0 saturated heterocycles. The predicted molar refractivity (Wildman–Crippen MR) is 99.0 cm³/mol. The molecule has 0 aliphatic heterocycles. The summed E-state index contributed by atoms with van der Waals surface area (Å²) in [4.78, 5) is 23.5. The van der Waals surface area contributed by atoms with Gasteiger partial charge < -0.3 is 9.47 Å². The molecule has 0 heterocycles. The van der Waals surface area contributed by atoms with E-state index < -0.39 is 11.8 Å². The van der Waals surface area contributed by atoms with E-state index in [1.807, 2.05) is 38.1 Å². The number of para-hydroxylation sites is 1. The maximum absolute atomic E-state index is 11.8. The van der Waals surface area contributed by atoms with Crippen molar-refractivity contribution >= 4 is 11.8 Å². The van der Waals surface area contributed by atoms with Crippen LogP contribution in [-0.4, -0.2) is 25.0 Å². The molecule has 2 N–H and O–H groups in total. The fraction of sp³-hybridized carbons (Fsp3) is 0.250. The minimum Gasteiger partial charge on any atom is -0.484 e. The van der Waals surface area contributed by atoms with Crippen molar-refractivity contribution in [3.8, 4) is 17.6 Å². The van der Waals surface area contributed by atoms with Gasteiger partial charge in [0.25, 0.3) is 11.8 Å². The molecule has 0 radical (unpaired) electrons. The number of carbonyl (C=O) groups excluding carboxylic acids is 2. The Morgan fingerprint density at radius 1 is 0.963 bits per heavy atom. The molecular formula is C20H21N3O4. The average Bonchev–Trinajstić information content (AvgIpc) is 2.69. The van der Waals surface area contributed by atoms with Crippen molar-refractivity contribution < 1.29 is 19.1 Å². The van der Waals surface area contributed by atoms with Crippen LogP contribution in [0.2, 0.25) is 0 Å². The summed E-state index contributed by atoms with van der Waals surface area (Å²) in [6.45, 7) is 3.58. The second-order valence-corrected chi connectivity index (χ2v) is 6.00. The largest absolute Gasteiger partial charge is 0.484 e. The second kappa shape index (κ2) is 9.82. The highest BCUT2D eigenvalue weighted by atomic mass is 16.5. The van der Waals surface area contributed by atoms with Gasteiger partial charge in [0.1, 0.15) is 11.5 Å². The zero-order valence-corrected chi connectivity index (χ0v) is 15.2. The maximum atomic E-state index is 11.8. The summed E-state index contributed by atoms with van der Waals surface area (Å²) < 4.78 is 10.8. The molecule has 0 spiro atoms. The lowest BCUT2D eigenvalue weighted by atomic mass is 10.0. The van der Waals surface area contributed by atoms with E-state index in [0.717, 1.165) is 5.56 Å². The van der Waals surface area contributed by atoms with E-state index in [9.17, 15) is 9.59 Å². The number of nitriles is 1. The predicted octanol–water partition coefficient (Wildman–Crippen LogP) is 2.29. The molecule has 2 rings (SSSR count). The van der Waals surface area contributed by atoms with Crippen molar-refractivity contribution in [2.45, 2.75) is 19.8 Å². The zero-order valence-electron chi connectivity index (χ0n) is 15.2. The molecule has 0 aromatic heterocycles. The quantitative estimate of drug-likeness (QED) is 0.731. The van der Waals surface area contributed by atoms with Crippen LogP contribution in [0, 0.1) is 11.3 Å². The average molecular weight is 367 g/mol. The molecular weight excluding hydrogens is 346 g/mol. The lowest BCUT2D eigenvalue weighted by molar-refractivity contribution is -0.131. The second-order valence-electron chi connectivity index (χ2n) is 6.00. The third-order valence-corrected chi connectivity index (χ3v) is 3.59. The Labute approximate surface area is 157 Å². The van der Waals surface area contributed by atoms with Crippen molar-refractivity contribution in [2.75, 3.05) is 13.2 Å². The standard InChI is InChI=1S/C20H21N3O4/c1-14(2)17-5-3-4-6-18(17)27-13-20(25)23-22-19(24)12-26-16-9-7-15(11-21)8-10-16/h3-10,14H,12-13H2,1-2H3,(H,22,24)(H,23,25). The smallest absolute Gasteiger partial charge is 0.276 e. The van der Waals surface area contributed by atoms with Crippen LogP contribution < -0.4 is 20.3 Å². The van der Waals surface area contributed by atoms with E-state index in [4.69, 9.17) is 14.7 Å². The summed E-state index contributed by atoms with van der Waals surface area (Å²) in [7, 11) is 0. The van der Waals surface area contributed by atoms with Crippen molar-refractivity contribution in [1.29, 1.82) is 5.26 Å². The van der Waals surface area contributed by atoms with Crippen LogP contribution in [0.3, 0.4) is 0 Å². The van der Waals surface area contributed by atoms with Gasteiger partial charge in [-0.15, -0.1) is 0 Å². The molecule has 0 aliphatic rings. The SMILES string of the molecule is CC(C)c1ccccc1OCC(=O)NNC(=O)COc1ccc(C#N)cc1. The van der Waals surface area contributed by atoms with Gasteiger partial charge in [-0.1, -0.05) is 32.0 Å². The first-order valence-electron chi connectivity index (χ1n) is 8.42. The molecule has 140 valence electrons. The molecule has 27 heavy (non-hydrogen) atoms. The van der Waals surface area contributed by atoms with E-state index in [1.54, 1.807) is 30.3 Å². The van der Waals surface area contributed by atoms with Gasteiger partial charge in [0, 0.05) is 0 Å². The number of ether oxygens (including phenoxy) is 2. The highest BCUT2D eigenvalue weighted by Gasteiger charge is 2.10. The van der Waals surface area contributed by atoms with E-state index in [-0.39, 0.29) is 19.1 Å². The number of nitrogens with zero attached hydrogens (tertiary/aromatic N) is 1. The van der Waals surface area contributed by atoms with Gasteiger partial charge in [0.2, 0.25) is 0 Å². The molecule has 0 aliphatic carbocycles. The van der Waals surface area contributed by atoms with Gasteiger partial charge in [-0.25, -0.2) is 0 Å². The van der Waals surface area contributed by atoms with Crippen LogP contribution in [0.15, 0.2) is 48.5 Å². The fourth-order valence-corrected chi connectivity index (χ4v) is 2.22. The minimum absolute atomic E-state index is 0.222. The van der Waals surface area contributed by atoms with Crippen molar-refractivity contribution in [2.24, 2.45) is 0 Å². The van der Waals surface area contributed by atoms with Crippen LogP contribution in [0.5, 0.6) is 11.5 Å². The lowest BCUT2D eigenvalue weighted by Crippen LogP contribution is -2.45. The monoisotopic (exact) mass is 367 g/mol. The first-order valence-corrected chi connectivity index (χ1v) is 8.42. The normalized spacial score (nSPS) is 10.0. The third-order valence-electron chi connectivity index (χ3n) is 3.59. The Morgan fingerprint density at radius 3 is 2.15 bits per heavy atom. The lowest BCUT2D eigenvalue weighted by Gasteiger charge is -2.14. The summed E-state index contributed by atoms with van der Waals surface area (Å²) in [6.07, 6.45) is 0. The van der Waals surface area contributed by atoms with Gasteiger partial charge in [-0.3, -0.25) is 20.4 Å². The Bertz CT molecular complexity index is 826. The Balaban J connectivity index is 1.72. The molecule has 7 nitrogen and oxygen atoms in total. The van der Waals surface area contributed by atoms with Crippen molar-refractivity contribution in [1.82, 2.24) is 10.9 Å². The number of hydrogen-bond donors (Lipinski definition) is 2. The summed E-state index contributed by atoms with van der Waals surface area (Å²) in [5.41, 5.74) is 6.03. The minimum atomic E-state index is -0.518. The van der Waals surface area contributed by atoms with E-state index in [2.05, 4.69) is 10.9 Å². The van der Waals surface area contributed by atoms with Gasteiger partial charge >= 0.3 is 0 Å². The Hall–Kier alpha value is -3.53. The van der Waals surface area contributed by atoms with Crippen molar-refractivity contribution in [3.05, 3.63) is 59.7 Å². The van der Waals surface area contributed by atoms with E-state index in [1.165, 1.54) is 0 Å². The Morgan fingerprint density at radius 2 is 1.56 bits per heavy atom. The first kappa shape index (κ1) is 19.8. The summed E-state index contributed by atoms with van der Waals surface area (Å²) in [5.74, 6) is 0.348.